The van der Waals surface area contributed by atoms with Gasteiger partial charge in [0.1, 0.15) is 0 Å². The molecule has 2 rings (SSSR count). The molecule has 1 aliphatic rings. The molecule has 1 unspecified atom stereocenters. The number of sulfonamides is 1. The smallest absolute Gasteiger partial charge is 0.243 e. The zero-order valence-corrected chi connectivity index (χ0v) is 19.0. The summed E-state index contributed by atoms with van der Waals surface area (Å²) in [5.41, 5.74) is 1.22. The molecule has 0 saturated carbocycles. The summed E-state index contributed by atoms with van der Waals surface area (Å²) in [6.07, 6.45) is 2.66. The summed E-state index contributed by atoms with van der Waals surface area (Å²) in [4.78, 5) is 12.7. The number of hydrogen-bond acceptors (Lipinski definition) is 4. The zero-order chi connectivity index (χ0) is 20.0. The van der Waals surface area contributed by atoms with Gasteiger partial charge in [0.2, 0.25) is 15.9 Å². The van der Waals surface area contributed by atoms with Crippen LogP contribution in [-0.2, 0) is 14.8 Å². The fourth-order valence-electron chi connectivity index (χ4n) is 3.74. The first-order chi connectivity index (χ1) is 12.8. The Morgan fingerprint density at radius 1 is 1.25 bits per heavy atom. The molecule has 160 valence electrons. The van der Waals surface area contributed by atoms with Gasteiger partial charge in [-0.3, -0.25) is 4.79 Å². The average Bonchev–Trinajstić information content (AvgIpc) is 2.64. The van der Waals surface area contributed by atoms with Gasteiger partial charge in [-0.1, -0.05) is 26.8 Å². The van der Waals surface area contributed by atoms with E-state index in [9.17, 15) is 13.2 Å². The van der Waals surface area contributed by atoms with Gasteiger partial charge in [-0.15, -0.1) is 12.4 Å². The van der Waals surface area contributed by atoms with Crippen molar-refractivity contribution in [2.75, 3.05) is 31.5 Å². The maximum Gasteiger partial charge on any atom is 0.243 e. The number of carbonyl (C=O) groups excluding carboxylic acids is 1. The van der Waals surface area contributed by atoms with E-state index in [1.807, 2.05) is 13.8 Å². The van der Waals surface area contributed by atoms with Gasteiger partial charge in [-0.25, -0.2) is 8.42 Å². The molecule has 0 bridgehead atoms. The molecule has 0 radical (unpaired) electrons. The third-order valence-electron chi connectivity index (χ3n) is 5.49. The van der Waals surface area contributed by atoms with Crippen molar-refractivity contribution < 1.29 is 13.2 Å². The van der Waals surface area contributed by atoms with Crippen LogP contribution in [0.1, 0.15) is 45.6 Å². The molecule has 1 atom stereocenters. The first-order valence-electron chi connectivity index (χ1n) is 9.90. The van der Waals surface area contributed by atoms with Crippen LogP contribution in [0.2, 0.25) is 0 Å². The van der Waals surface area contributed by atoms with Crippen LogP contribution < -0.4 is 10.6 Å². The average molecular weight is 432 g/mol. The first kappa shape index (κ1) is 24.9. The highest BCUT2D eigenvalue weighted by Crippen LogP contribution is 2.26. The van der Waals surface area contributed by atoms with E-state index in [0.717, 1.165) is 25.9 Å². The largest absolute Gasteiger partial charge is 0.326 e. The number of halogens is 1. The third kappa shape index (κ3) is 6.17. The lowest BCUT2D eigenvalue weighted by Crippen LogP contribution is -2.32. The van der Waals surface area contributed by atoms with Crippen LogP contribution in [0.3, 0.4) is 0 Å². The lowest BCUT2D eigenvalue weighted by atomic mass is 9.84. The number of benzene rings is 1. The van der Waals surface area contributed by atoms with Gasteiger partial charge in [0, 0.05) is 25.2 Å². The standard InChI is InChI=1S/C20H33N3O3S.ClH/c1-5-23(6-2)27(25,26)19-14-18(8-7-15(19)3)22-20(24)13-16(4)17-9-11-21-12-10-17;/h7-8,14,16-17,21H,5-6,9-13H2,1-4H3,(H,22,24);1H. The number of nitrogens with zero attached hydrogens (tertiary/aromatic N) is 1. The summed E-state index contributed by atoms with van der Waals surface area (Å²) in [7, 11) is -3.56. The van der Waals surface area contributed by atoms with Gasteiger partial charge in [0.05, 0.1) is 4.90 Å². The Labute approximate surface area is 175 Å². The summed E-state index contributed by atoms with van der Waals surface area (Å²) < 4.78 is 27.1. The molecular weight excluding hydrogens is 398 g/mol. The van der Waals surface area contributed by atoms with E-state index in [-0.39, 0.29) is 23.2 Å². The van der Waals surface area contributed by atoms with Gasteiger partial charge >= 0.3 is 0 Å². The molecule has 1 aliphatic heterocycles. The predicted molar refractivity (Wildman–Crippen MR) is 117 cm³/mol. The van der Waals surface area contributed by atoms with E-state index >= 15 is 0 Å². The van der Waals surface area contributed by atoms with Crippen molar-refractivity contribution in [1.82, 2.24) is 9.62 Å². The monoisotopic (exact) mass is 431 g/mol. The van der Waals surface area contributed by atoms with Crippen LogP contribution in [0.4, 0.5) is 5.69 Å². The fraction of sp³-hybridized carbons (Fsp3) is 0.650. The number of anilines is 1. The summed E-state index contributed by atoms with van der Waals surface area (Å²) in [6.45, 7) is 10.4. The van der Waals surface area contributed by atoms with Crippen LogP contribution in [0.25, 0.3) is 0 Å². The summed E-state index contributed by atoms with van der Waals surface area (Å²) in [5, 5.41) is 6.23. The van der Waals surface area contributed by atoms with E-state index in [1.54, 1.807) is 25.1 Å². The Hall–Kier alpha value is -1.15. The highest BCUT2D eigenvalue weighted by molar-refractivity contribution is 7.89. The van der Waals surface area contributed by atoms with E-state index in [1.165, 1.54) is 4.31 Å². The second-order valence-corrected chi connectivity index (χ2v) is 9.29. The van der Waals surface area contributed by atoms with Gasteiger partial charge in [0.15, 0.2) is 0 Å². The zero-order valence-electron chi connectivity index (χ0n) is 17.3. The number of amides is 1. The minimum absolute atomic E-state index is 0. The van der Waals surface area contributed by atoms with Gasteiger partial charge in [-0.2, -0.15) is 4.31 Å². The van der Waals surface area contributed by atoms with Crippen molar-refractivity contribution in [3.05, 3.63) is 23.8 Å². The maximum absolute atomic E-state index is 12.8. The molecule has 1 heterocycles. The number of rotatable bonds is 8. The second kappa shape index (κ2) is 11.1. The molecule has 6 nitrogen and oxygen atoms in total. The van der Waals surface area contributed by atoms with Crippen LogP contribution in [-0.4, -0.2) is 44.8 Å². The Balaban J connectivity index is 0.00000392. The van der Waals surface area contributed by atoms with E-state index < -0.39 is 10.0 Å². The first-order valence-corrected chi connectivity index (χ1v) is 11.3. The van der Waals surface area contributed by atoms with Crippen molar-refractivity contribution in [2.45, 2.75) is 51.9 Å². The Morgan fingerprint density at radius 3 is 2.43 bits per heavy atom. The molecule has 1 aromatic carbocycles. The molecule has 0 aliphatic carbocycles. The van der Waals surface area contributed by atoms with Gasteiger partial charge in [-0.05, 0) is 62.4 Å². The molecular formula is C20H34ClN3O3S. The lowest BCUT2D eigenvalue weighted by Gasteiger charge is -2.28. The highest BCUT2D eigenvalue weighted by atomic mass is 35.5. The number of nitrogens with one attached hydrogen (secondary N) is 2. The lowest BCUT2D eigenvalue weighted by molar-refractivity contribution is -0.117. The molecule has 1 saturated heterocycles. The van der Waals surface area contributed by atoms with E-state index in [0.29, 0.717) is 42.6 Å². The Kier molecular flexibility index (Phi) is 9.90. The van der Waals surface area contributed by atoms with Gasteiger partial charge in [0.25, 0.3) is 0 Å². The van der Waals surface area contributed by atoms with Crippen molar-refractivity contribution in [2.24, 2.45) is 11.8 Å². The Bertz CT molecular complexity index is 745. The summed E-state index contributed by atoms with van der Waals surface area (Å²) in [6, 6.07) is 5.10. The van der Waals surface area contributed by atoms with E-state index in [2.05, 4.69) is 17.6 Å². The fourth-order valence-corrected chi connectivity index (χ4v) is 5.45. The van der Waals surface area contributed by atoms with Crippen LogP contribution in [0, 0.1) is 18.8 Å². The quantitative estimate of drug-likeness (QED) is 0.661. The normalized spacial score (nSPS) is 16.5. The SMILES string of the molecule is CCN(CC)S(=O)(=O)c1cc(NC(=O)CC(C)C2CCNCC2)ccc1C.Cl. The van der Waals surface area contributed by atoms with Crippen molar-refractivity contribution in [3.63, 3.8) is 0 Å². The van der Waals surface area contributed by atoms with Crippen molar-refractivity contribution in [1.29, 1.82) is 0 Å². The molecule has 0 spiro atoms. The van der Waals surface area contributed by atoms with E-state index in [4.69, 9.17) is 0 Å². The molecule has 2 N–H and O–H groups in total. The topological polar surface area (TPSA) is 78.5 Å². The van der Waals surface area contributed by atoms with Crippen LogP contribution in [0.15, 0.2) is 23.1 Å². The molecule has 0 aromatic heterocycles. The number of aryl methyl sites for hydroxylation is 1. The minimum Gasteiger partial charge on any atom is -0.326 e. The molecule has 1 aromatic rings. The number of hydrogen-bond donors (Lipinski definition) is 2. The second-order valence-electron chi connectivity index (χ2n) is 7.39. The minimum atomic E-state index is -3.56. The predicted octanol–water partition coefficient (Wildman–Crippen LogP) is 3.41. The Morgan fingerprint density at radius 2 is 1.86 bits per heavy atom. The summed E-state index contributed by atoms with van der Waals surface area (Å²) >= 11 is 0. The van der Waals surface area contributed by atoms with Crippen LogP contribution in [0.5, 0.6) is 0 Å². The van der Waals surface area contributed by atoms with Crippen molar-refractivity contribution in [3.8, 4) is 0 Å². The van der Waals surface area contributed by atoms with Crippen LogP contribution >= 0.6 is 12.4 Å². The third-order valence-corrected chi connectivity index (χ3v) is 7.68. The highest BCUT2D eigenvalue weighted by Gasteiger charge is 2.25. The molecule has 1 amide bonds. The number of piperidine rings is 1. The number of carbonyl (C=O) groups is 1. The maximum atomic E-state index is 12.8. The molecule has 1 fully saturated rings. The van der Waals surface area contributed by atoms with Crippen molar-refractivity contribution >= 4 is 34.0 Å². The van der Waals surface area contributed by atoms with Gasteiger partial charge < -0.3 is 10.6 Å². The molecule has 28 heavy (non-hydrogen) atoms. The molecule has 8 heteroatoms. The summed E-state index contributed by atoms with van der Waals surface area (Å²) in [5.74, 6) is 0.820.